The number of sulfonamides is 1. The molecule has 0 aliphatic heterocycles. The topological polar surface area (TPSA) is 55.4 Å². The Labute approximate surface area is 139 Å². The predicted octanol–water partition coefficient (Wildman–Crippen LogP) is 4.46. The number of halogens is 4. The summed E-state index contributed by atoms with van der Waals surface area (Å²) < 4.78 is 67.0. The van der Waals surface area contributed by atoms with Gasteiger partial charge in [0, 0.05) is 0 Å². The van der Waals surface area contributed by atoms with Crippen molar-refractivity contribution < 1.29 is 26.3 Å². The lowest BCUT2D eigenvalue weighted by molar-refractivity contribution is -0.274. The first-order chi connectivity index (χ1) is 10.6. The van der Waals surface area contributed by atoms with Crippen LogP contribution in [0.4, 0.5) is 18.9 Å². The fraction of sp³-hybridized carbons (Fsp3) is 0.143. The van der Waals surface area contributed by atoms with Crippen molar-refractivity contribution in [3.63, 3.8) is 0 Å². The molecular weight excluding hydrogens is 399 g/mol. The molecule has 0 aliphatic rings. The fourth-order valence-corrected chi connectivity index (χ4v) is 3.21. The summed E-state index contributed by atoms with van der Waals surface area (Å²) in [7, 11) is -3.83. The number of ether oxygens (including phenoxy) is 1. The maximum absolute atomic E-state index is 12.2. The molecule has 0 aromatic heterocycles. The number of rotatable bonds is 4. The molecule has 0 amide bonds. The van der Waals surface area contributed by atoms with Crippen molar-refractivity contribution in [2.45, 2.75) is 18.2 Å². The molecule has 0 aliphatic carbocycles. The van der Waals surface area contributed by atoms with E-state index in [0.717, 1.165) is 11.6 Å². The Bertz CT molecular complexity index is 805. The van der Waals surface area contributed by atoms with Gasteiger partial charge < -0.3 is 4.74 Å². The van der Waals surface area contributed by atoms with Crippen LogP contribution in [0.5, 0.6) is 5.75 Å². The van der Waals surface area contributed by atoms with Gasteiger partial charge in [-0.2, -0.15) is 0 Å². The predicted molar refractivity (Wildman–Crippen MR) is 82.8 cm³/mol. The molecule has 2 rings (SSSR count). The molecule has 1 N–H and O–H groups in total. The highest BCUT2D eigenvalue weighted by Gasteiger charge is 2.32. The van der Waals surface area contributed by atoms with Crippen LogP contribution in [-0.2, 0) is 10.0 Å². The van der Waals surface area contributed by atoms with Crippen molar-refractivity contribution in [2.24, 2.45) is 0 Å². The van der Waals surface area contributed by atoms with E-state index >= 15 is 0 Å². The lowest BCUT2D eigenvalue weighted by Crippen LogP contribution is -2.17. The van der Waals surface area contributed by atoms with Gasteiger partial charge in [0.1, 0.15) is 5.75 Å². The minimum absolute atomic E-state index is 0.0288. The van der Waals surface area contributed by atoms with Crippen molar-refractivity contribution in [3.05, 3.63) is 52.5 Å². The summed E-state index contributed by atoms with van der Waals surface area (Å²) in [5.74, 6) is -0.462. The molecule has 0 bridgehead atoms. The second-order valence-electron chi connectivity index (χ2n) is 4.61. The summed E-state index contributed by atoms with van der Waals surface area (Å²) in [6.07, 6.45) is -4.83. The molecule has 0 fully saturated rings. The number of alkyl halides is 3. The van der Waals surface area contributed by atoms with Crippen LogP contribution in [0.15, 0.2) is 51.8 Å². The van der Waals surface area contributed by atoms with Gasteiger partial charge >= 0.3 is 6.36 Å². The van der Waals surface area contributed by atoms with E-state index in [1.807, 2.05) is 6.92 Å². The van der Waals surface area contributed by atoms with Crippen molar-refractivity contribution in [2.75, 3.05) is 4.72 Å². The first kappa shape index (κ1) is 17.6. The summed E-state index contributed by atoms with van der Waals surface area (Å²) in [6, 6.07) is 9.55. The van der Waals surface area contributed by atoms with Crippen LogP contribution in [0.25, 0.3) is 0 Å². The number of anilines is 1. The molecular formula is C14H11BrF3NO3S. The maximum Gasteiger partial charge on any atom is 0.573 e. The second-order valence-corrected chi connectivity index (χ2v) is 7.15. The van der Waals surface area contributed by atoms with Gasteiger partial charge in [-0.3, -0.25) is 4.72 Å². The summed E-state index contributed by atoms with van der Waals surface area (Å²) in [5, 5.41) is 0. The van der Waals surface area contributed by atoms with Crippen LogP contribution in [0, 0.1) is 6.92 Å². The largest absolute Gasteiger partial charge is 0.573 e. The quantitative estimate of drug-likeness (QED) is 0.810. The fourth-order valence-electron chi connectivity index (χ4n) is 1.70. The van der Waals surface area contributed by atoms with E-state index in [1.54, 1.807) is 12.1 Å². The van der Waals surface area contributed by atoms with Crippen LogP contribution in [-0.4, -0.2) is 14.8 Å². The molecule has 124 valence electrons. The first-order valence-electron chi connectivity index (χ1n) is 6.22. The van der Waals surface area contributed by atoms with Gasteiger partial charge in [0.05, 0.1) is 15.1 Å². The molecule has 9 heteroatoms. The Hall–Kier alpha value is -1.74. The Morgan fingerprint density at radius 3 is 2.22 bits per heavy atom. The maximum atomic E-state index is 12.2. The van der Waals surface area contributed by atoms with E-state index in [9.17, 15) is 21.6 Å². The van der Waals surface area contributed by atoms with Crippen LogP contribution < -0.4 is 9.46 Å². The number of aryl methyl sites for hydroxylation is 1. The van der Waals surface area contributed by atoms with E-state index in [0.29, 0.717) is 0 Å². The summed E-state index contributed by atoms with van der Waals surface area (Å²) in [6.45, 7) is 1.82. The highest BCUT2D eigenvalue weighted by atomic mass is 79.9. The molecule has 4 nitrogen and oxygen atoms in total. The van der Waals surface area contributed by atoms with Gasteiger partial charge in [-0.1, -0.05) is 17.7 Å². The van der Waals surface area contributed by atoms with Gasteiger partial charge in [-0.25, -0.2) is 8.42 Å². The van der Waals surface area contributed by atoms with Gasteiger partial charge in [0.2, 0.25) is 0 Å². The summed E-state index contributed by atoms with van der Waals surface area (Å²) >= 11 is 2.91. The van der Waals surface area contributed by atoms with Gasteiger partial charge in [0.25, 0.3) is 10.0 Å². The summed E-state index contributed by atoms with van der Waals surface area (Å²) in [4.78, 5) is 0.0508. The van der Waals surface area contributed by atoms with E-state index < -0.39 is 22.1 Å². The molecule has 2 aromatic rings. The van der Waals surface area contributed by atoms with Crippen molar-refractivity contribution in [1.29, 1.82) is 0 Å². The van der Waals surface area contributed by atoms with E-state index in [2.05, 4.69) is 25.4 Å². The third-order valence-corrected chi connectivity index (χ3v) is 4.76. The van der Waals surface area contributed by atoms with E-state index in [-0.39, 0.29) is 15.1 Å². The Kier molecular flexibility index (Phi) is 4.90. The molecule has 2 aromatic carbocycles. The molecule has 0 unspecified atom stereocenters. The van der Waals surface area contributed by atoms with Crippen molar-refractivity contribution >= 4 is 31.6 Å². The number of hydrogen-bond donors (Lipinski definition) is 1. The zero-order valence-electron chi connectivity index (χ0n) is 11.7. The second kappa shape index (κ2) is 6.40. The minimum Gasteiger partial charge on any atom is -0.405 e. The number of nitrogens with one attached hydrogen (secondary N) is 1. The highest BCUT2D eigenvalue weighted by molar-refractivity contribution is 9.10. The SMILES string of the molecule is Cc1ccc(S(=O)(=O)Nc2ccc(OC(F)(F)F)c(Br)c2)cc1. The molecule has 0 saturated carbocycles. The molecule has 0 heterocycles. The standard InChI is InChI=1S/C14H11BrF3NO3S/c1-9-2-5-11(6-3-9)23(20,21)19-10-4-7-13(12(15)8-10)22-14(16,17)18/h2-8,19H,1H3. The third-order valence-electron chi connectivity index (χ3n) is 2.74. The highest BCUT2D eigenvalue weighted by Crippen LogP contribution is 2.33. The normalized spacial score (nSPS) is 12.0. The van der Waals surface area contributed by atoms with Crippen molar-refractivity contribution in [3.8, 4) is 5.75 Å². The zero-order chi connectivity index (χ0) is 17.3. The molecule has 0 saturated heterocycles. The molecule has 0 atom stereocenters. The van der Waals surface area contributed by atoms with Crippen LogP contribution >= 0.6 is 15.9 Å². The minimum atomic E-state index is -4.83. The molecule has 23 heavy (non-hydrogen) atoms. The van der Waals surface area contributed by atoms with E-state index in [1.165, 1.54) is 24.3 Å². The average molecular weight is 410 g/mol. The summed E-state index contributed by atoms with van der Waals surface area (Å²) in [5.41, 5.74) is 1.01. The zero-order valence-corrected chi connectivity index (χ0v) is 14.1. The average Bonchev–Trinajstić information content (AvgIpc) is 2.41. The molecule has 0 spiro atoms. The Balaban J connectivity index is 2.23. The van der Waals surface area contributed by atoms with E-state index in [4.69, 9.17) is 0 Å². The monoisotopic (exact) mass is 409 g/mol. The first-order valence-corrected chi connectivity index (χ1v) is 8.49. The number of hydrogen-bond acceptors (Lipinski definition) is 3. The van der Waals surface area contributed by atoms with Crippen molar-refractivity contribution in [1.82, 2.24) is 0 Å². The third kappa shape index (κ3) is 4.87. The Morgan fingerprint density at radius 2 is 1.70 bits per heavy atom. The Morgan fingerprint density at radius 1 is 1.09 bits per heavy atom. The van der Waals surface area contributed by atoms with Crippen LogP contribution in [0.3, 0.4) is 0 Å². The van der Waals surface area contributed by atoms with Gasteiger partial charge in [0.15, 0.2) is 0 Å². The lowest BCUT2D eigenvalue weighted by Gasteiger charge is -2.13. The lowest BCUT2D eigenvalue weighted by atomic mass is 10.2. The van der Waals surface area contributed by atoms with Gasteiger partial charge in [-0.15, -0.1) is 13.2 Å². The smallest absolute Gasteiger partial charge is 0.405 e. The van der Waals surface area contributed by atoms with Crippen LogP contribution in [0.1, 0.15) is 5.56 Å². The van der Waals surface area contributed by atoms with Gasteiger partial charge in [-0.05, 0) is 53.2 Å². The molecule has 0 radical (unpaired) electrons. The number of benzene rings is 2. The van der Waals surface area contributed by atoms with Crippen LogP contribution in [0.2, 0.25) is 0 Å².